The zero-order chi connectivity index (χ0) is 17.0. The Balaban J connectivity index is 4.92. The summed E-state index contributed by atoms with van der Waals surface area (Å²) in [6, 6.07) is 0. The highest BCUT2D eigenvalue weighted by Crippen LogP contribution is 2.56. The molecule has 0 amide bonds. The second-order valence-corrected chi connectivity index (χ2v) is 10.9. The molecule has 0 saturated heterocycles. The topological polar surface area (TPSA) is 17.1 Å². The van der Waals surface area contributed by atoms with Crippen molar-refractivity contribution in [2.45, 2.75) is 105 Å². The Morgan fingerprint density at radius 2 is 1.14 bits per heavy atom. The Hall–Kier alpha value is 0.230. The number of unbranched alkanes of at least 4 members (excludes halogenated alkanes) is 2. The zero-order valence-corrected chi connectivity index (χ0v) is 17.3. The molecular weight excluding hydrogens is 287 g/mol. The quantitative estimate of drug-likeness (QED) is 0.300. The summed E-state index contributed by atoms with van der Waals surface area (Å²) in [6.07, 6.45) is 13.2. The Morgan fingerprint density at radius 3 is 1.41 bits per heavy atom. The van der Waals surface area contributed by atoms with Crippen molar-refractivity contribution in [2.24, 2.45) is 11.8 Å². The molecule has 3 atom stereocenters. The summed E-state index contributed by atoms with van der Waals surface area (Å²) in [4.78, 5) is 0. The third-order valence-corrected chi connectivity index (χ3v) is 9.86. The molecular formula is C20H43OP. The monoisotopic (exact) mass is 330 g/mol. The molecule has 3 unspecified atom stereocenters. The molecule has 134 valence electrons. The molecule has 0 aromatic rings. The van der Waals surface area contributed by atoms with Crippen molar-refractivity contribution in [3.05, 3.63) is 0 Å². The normalized spacial score (nSPS) is 18.6. The van der Waals surface area contributed by atoms with Crippen molar-refractivity contribution < 1.29 is 4.57 Å². The molecule has 0 aliphatic heterocycles. The Labute approximate surface area is 141 Å². The van der Waals surface area contributed by atoms with Gasteiger partial charge in [0.05, 0.1) is 7.14 Å². The summed E-state index contributed by atoms with van der Waals surface area (Å²) in [7, 11) is -2.04. The van der Waals surface area contributed by atoms with E-state index >= 15 is 0 Å². The molecule has 0 bridgehead atoms. The van der Waals surface area contributed by atoms with Crippen LogP contribution >= 0.6 is 7.14 Å². The van der Waals surface area contributed by atoms with E-state index in [9.17, 15) is 4.57 Å². The average molecular weight is 331 g/mol. The van der Waals surface area contributed by atoms with Crippen LogP contribution in [-0.4, -0.2) is 18.0 Å². The molecule has 0 saturated carbocycles. The summed E-state index contributed by atoms with van der Waals surface area (Å²) >= 11 is 0. The lowest BCUT2D eigenvalue weighted by atomic mass is 10.0. The van der Waals surface area contributed by atoms with Crippen LogP contribution in [0.3, 0.4) is 0 Å². The minimum absolute atomic E-state index is 0.416. The van der Waals surface area contributed by atoms with Gasteiger partial charge >= 0.3 is 0 Å². The predicted molar refractivity (Wildman–Crippen MR) is 104 cm³/mol. The summed E-state index contributed by atoms with van der Waals surface area (Å²) in [5.41, 5.74) is 0.416. The van der Waals surface area contributed by atoms with Gasteiger partial charge in [0.2, 0.25) is 0 Å². The fourth-order valence-corrected chi connectivity index (χ4v) is 7.64. The second kappa shape index (κ2) is 12.6. The van der Waals surface area contributed by atoms with Gasteiger partial charge < -0.3 is 4.57 Å². The molecule has 0 rings (SSSR count). The minimum Gasteiger partial charge on any atom is -0.323 e. The first kappa shape index (κ1) is 22.2. The molecule has 0 radical (unpaired) electrons. The third-order valence-electron chi connectivity index (χ3n) is 5.62. The predicted octanol–water partition coefficient (Wildman–Crippen LogP) is 7.58. The molecule has 0 N–H and O–H groups in total. The first-order valence-electron chi connectivity index (χ1n) is 10.0. The largest absolute Gasteiger partial charge is 0.323 e. The summed E-state index contributed by atoms with van der Waals surface area (Å²) in [5, 5.41) is 0. The smallest absolute Gasteiger partial charge is 0.0909 e. The van der Waals surface area contributed by atoms with E-state index in [1.807, 2.05) is 0 Å². The lowest BCUT2D eigenvalue weighted by molar-refractivity contribution is 0.458. The van der Waals surface area contributed by atoms with E-state index in [1.165, 1.54) is 51.4 Å². The molecule has 1 nitrogen and oxygen atoms in total. The molecule has 0 heterocycles. The highest BCUT2D eigenvalue weighted by molar-refractivity contribution is 7.64. The van der Waals surface area contributed by atoms with E-state index < -0.39 is 7.14 Å². The van der Waals surface area contributed by atoms with Crippen molar-refractivity contribution in [1.29, 1.82) is 0 Å². The molecule has 0 spiro atoms. The molecule has 0 aliphatic rings. The van der Waals surface area contributed by atoms with Gasteiger partial charge in [0.1, 0.15) is 0 Å². The van der Waals surface area contributed by atoms with Crippen LogP contribution in [0.5, 0.6) is 0 Å². The molecule has 22 heavy (non-hydrogen) atoms. The fourth-order valence-electron chi connectivity index (χ4n) is 3.48. The second-order valence-electron chi connectivity index (χ2n) is 7.41. The van der Waals surface area contributed by atoms with Crippen LogP contribution in [0.1, 0.15) is 99.3 Å². The maximum absolute atomic E-state index is 13.8. The summed E-state index contributed by atoms with van der Waals surface area (Å²) in [6.45, 7) is 13.6. The third kappa shape index (κ3) is 8.19. The average Bonchev–Trinajstić information content (AvgIpc) is 2.54. The van der Waals surface area contributed by atoms with Gasteiger partial charge in [-0.2, -0.15) is 0 Å². The zero-order valence-electron chi connectivity index (χ0n) is 16.4. The van der Waals surface area contributed by atoms with Crippen LogP contribution in [0.15, 0.2) is 0 Å². The lowest BCUT2D eigenvalue weighted by Gasteiger charge is -2.31. The van der Waals surface area contributed by atoms with Crippen LogP contribution in [0, 0.1) is 11.8 Å². The van der Waals surface area contributed by atoms with Crippen LogP contribution in [0.25, 0.3) is 0 Å². The van der Waals surface area contributed by atoms with Crippen molar-refractivity contribution in [1.82, 2.24) is 0 Å². The summed E-state index contributed by atoms with van der Waals surface area (Å²) < 4.78 is 13.8. The van der Waals surface area contributed by atoms with E-state index in [1.54, 1.807) is 0 Å². The van der Waals surface area contributed by atoms with E-state index in [4.69, 9.17) is 0 Å². The van der Waals surface area contributed by atoms with Gasteiger partial charge in [0.25, 0.3) is 0 Å². The Morgan fingerprint density at radius 1 is 0.727 bits per heavy atom. The van der Waals surface area contributed by atoms with Gasteiger partial charge in [-0.15, -0.1) is 0 Å². The van der Waals surface area contributed by atoms with Gasteiger partial charge in [-0.25, -0.2) is 0 Å². The number of hydrogen-bond acceptors (Lipinski definition) is 1. The molecule has 0 aromatic carbocycles. The highest BCUT2D eigenvalue weighted by Gasteiger charge is 2.32. The van der Waals surface area contributed by atoms with Crippen molar-refractivity contribution in [3.63, 3.8) is 0 Å². The lowest BCUT2D eigenvalue weighted by Crippen LogP contribution is -2.19. The van der Waals surface area contributed by atoms with Gasteiger partial charge in [-0.3, -0.25) is 0 Å². The van der Waals surface area contributed by atoms with Crippen LogP contribution in [-0.2, 0) is 4.57 Å². The first-order chi connectivity index (χ1) is 10.5. The first-order valence-corrected chi connectivity index (χ1v) is 12.2. The number of hydrogen-bond donors (Lipinski definition) is 0. The molecule has 0 aliphatic carbocycles. The number of rotatable bonds is 14. The SMILES string of the molecule is CCCCC(CC)CP(=O)(CC(CC)CCCC)C(C)CC. The van der Waals surface area contributed by atoms with E-state index in [0.29, 0.717) is 17.5 Å². The van der Waals surface area contributed by atoms with Crippen molar-refractivity contribution in [3.8, 4) is 0 Å². The van der Waals surface area contributed by atoms with Gasteiger partial charge in [-0.1, -0.05) is 92.9 Å². The maximum Gasteiger partial charge on any atom is 0.0909 e. The van der Waals surface area contributed by atoms with E-state index in [2.05, 4.69) is 41.5 Å². The van der Waals surface area contributed by atoms with Gasteiger partial charge in [-0.05, 0) is 18.3 Å². The molecule has 0 aromatic heterocycles. The maximum atomic E-state index is 13.8. The molecule has 0 fully saturated rings. The Kier molecular flexibility index (Phi) is 12.8. The summed E-state index contributed by atoms with van der Waals surface area (Å²) in [5.74, 6) is 1.37. The fraction of sp³-hybridized carbons (Fsp3) is 1.00. The van der Waals surface area contributed by atoms with Crippen molar-refractivity contribution >= 4 is 7.14 Å². The van der Waals surface area contributed by atoms with Crippen LogP contribution in [0.2, 0.25) is 0 Å². The molecule has 2 heteroatoms. The van der Waals surface area contributed by atoms with E-state index in [0.717, 1.165) is 18.7 Å². The van der Waals surface area contributed by atoms with Gasteiger partial charge in [0, 0.05) is 18.0 Å². The van der Waals surface area contributed by atoms with Crippen LogP contribution < -0.4 is 0 Å². The highest BCUT2D eigenvalue weighted by atomic mass is 31.2. The van der Waals surface area contributed by atoms with Gasteiger partial charge in [0.15, 0.2) is 0 Å². The minimum atomic E-state index is -2.04. The standard InChI is InChI=1S/C20H43OP/c1-7-12-14-19(10-4)16-22(21,18(6)9-3)17-20(11-5)15-13-8-2/h18-20H,7-17H2,1-6H3. The Bertz CT molecular complexity index is 278. The van der Waals surface area contributed by atoms with Crippen LogP contribution in [0.4, 0.5) is 0 Å². The van der Waals surface area contributed by atoms with E-state index in [-0.39, 0.29) is 0 Å². The van der Waals surface area contributed by atoms with Crippen molar-refractivity contribution in [2.75, 3.05) is 12.3 Å².